The smallest absolute Gasteiger partial charge is 0.547 e. The molecule has 3 atom stereocenters. The first-order chi connectivity index (χ1) is 14.0. The van der Waals surface area contributed by atoms with Gasteiger partial charge in [-0.3, -0.25) is 9.59 Å². The molecular formula is C21H21N2NaO6. The molecule has 2 heterocycles. The summed E-state index contributed by atoms with van der Waals surface area (Å²) < 4.78 is 10.2. The Morgan fingerprint density at radius 3 is 2.47 bits per heavy atom. The van der Waals surface area contributed by atoms with Gasteiger partial charge in [0.2, 0.25) is 5.91 Å². The van der Waals surface area contributed by atoms with Gasteiger partial charge in [0, 0.05) is 19.5 Å². The van der Waals surface area contributed by atoms with Crippen LogP contribution in [0, 0.1) is 0 Å². The minimum absolute atomic E-state index is 0. The Kier molecular flexibility index (Phi) is 7.49. The monoisotopic (exact) mass is 420 g/mol. The number of carbonyl (C=O) groups is 3. The first-order valence-corrected chi connectivity index (χ1v) is 9.54. The van der Waals surface area contributed by atoms with Gasteiger partial charge in [-0.25, -0.2) is 0 Å². The van der Waals surface area contributed by atoms with E-state index in [9.17, 15) is 19.5 Å². The van der Waals surface area contributed by atoms with Crippen LogP contribution in [-0.2, 0) is 30.3 Å². The largest absolute Gasteiger partial charge is 1.00 e. The molecule has 0 aromatic heterocycles. The summed E-state index contributed by atoms with van der Waals surface area (Å²) in [6.45, 7) is 1.78. The fourth-order valence-corrected chi connectivity index (χ4v) is 3.64. The Labute approximate surface area is 195 Å². The predicted octanol–water partition coefficient (Wildman–Crippen LogP) is -3.75. The summed E-state index contributed by atoms with van der Waals surface area (Å²) in [5.74, 6) is -2.28. The molecule has 2 aliphatic heterocycles. The van der Waals surface area contributed by atoms with E-state index in [-0.39, 0.29) is 41.9 Å². The quantitative estimate of drug-likeness (QED) is 0.380. The van der Waals surface area contributed by atoms with E-state index in [2.05, 4.69) is 5.32 Å². The second-order valence-corrected chi connectivity index (χ2v) is 7.14. The van der Waals surface area contributed by atoms with Crippen molar-refractivity contribution >= 4 is 28.6 Å². The maximum Gasteiger partial charge on any atom is 1.00 e. The van der Waals surface area contributed by atoms with E-state index in [4.69, 9.17) is 9.47 Å². The molecule has 0 unspecified atom stereocenters. The van der Waals surface area contributed by atoms with E-state index in [0.29, 0.717) is 26.3 Å². The Balaban J connectivity index is 0.00000256. The summed E-state index contributed by atoms with van der Waals surface area (Å²) in [6.07, 6.45) is -2.09. The fraction of sp³-hybridized carbons (Fsp3) is 0.381. The van der Waals surface area contributed by atoms with Crippen molar-refractivity contribution in [3.63, 3.8) is 0 Å². The normalized spacial score (nSPS) is 21.4. The Bertz CT molecular complexity index is 941. The summed E-state index contributed by atoms with van der Waals surface area (Å²) in [5.41, 5.74) is 0.920. The van der Waals surface area contributed by atoms with Crippen molar-refractivity contribution in [2.75, 3.05) is 26.3 Å². The van der Waals surface area contributed by atoms with Crippen molar-refractivity contribution < 1.29 is 58.5 Å². The van der Waals surface area contributed by atoms with Crippen molar-refractivity contribution in [3.8, 4) is 0 Å². The van der Waals surface area contributed by atoms with Crippen molar-refractivity contribution in [3.05, 3.63) is 48.0 Å². The number of carboxylic acid groups (broad SMARTS) is 1. The zero-order chi connectivity index (χ0) is 20.4. The second-order valence-electron chi connectivity index (χ2n) is 7.14. The van der Waals surface area contributed by atoms with Gasteiger partial charge in [0.15, 0.2) is 6.10 Å². The third-order valence-corrected chi connectivity index (χ3v) is 5.22. The molecule has 152 valence electrons. The summed E-state index contributed by atoms with van der Waals surface area (Å²) in [4.78, 5) is 38.1. The topological polar surface area (TPSA) is 111 Å². The van der Waals surface area contributed by atoms with Crippen LogP contribution in [0.2, 0.25) is 0 Å². The number of nitrogens with one attached hydrogen (secondary N) is 1. The summed E-state index contributed by atoms with van der Waals surface area (Å²) in [7, 11) is 0. The van der Waals surface area contributed by atoms with Gasteiger partial charge in [-0.15, -0.1) is 0 Å². The number of hydrogen-bond donors (Lipinski definition) is 1. The number of hydrogen-bond acceptors (Lipinski definition) is 6. The van der Waals surface area contributed by atoms with Crippen LogP contribution in [0.15, 0.2) is 42.5 Å². The van der Waals surface area contributed by atoms with Crippen molar-refractivity contribution in [1.29, 1.82) is 0 Å². The molecule has 4 rings (SSSR count). The molecule has 1 N–H and O–H groups in total. The Morgan fingerprint density at radius 2 is 1.77 bits per heavy atom. The van der Waals surface area contributed by atoms with Crippen LogP contribution in [0.5, 0.6) is 0 Å². The van der Waals surface area contributed by atoms with E-state index >= 15 is 0 Å². The predicted molar refractivity (Wildman–Crippen MR) is 101 cm³/mol. The van der Waals surface area contributed by atoms with Gasteiger partial charge in [-0.2, -0.15) is 0 Å². The Morgan fingerprint density at radius 1 is 1.07 bits per heavy atom. The summed E-state index contributed by atoms with van der Waals surface area (Å²) >= 11 is 0. The molecule has 0 aliphatic carbocycles. The zero-order valence-corrected chi connectivity index (χ0v) is 18.7. The molecule has 0 spiro atoms. The SMILES string of the molecule is O=C([O-])[C@H]1O[C@@H]1C(=O)N[C@@H](Cc1cccc2ccccc12)C(=O)N1CCOCC1.[Na+]. The number of morpholine rings is 1. The third-order valence-electron chi connectivity index (χ3n) is 5.22. The minimum Gasteiger partial charge on any atom is -0.547 e. The van der Waals surface area contributed by atoms with Crippen LogP contribution in [0.1, 0.15) is 5.56 Å². The maximum absolute atomic E-state index is 13.1. The first-order valence-electron chi connectivity index (χ1n) is 9.54. The molecule has 2 aliphatic rings. The molecule has 2 aromatic carbocycles. The molecule has 0 bridgehead atoms. The second kappa shape index (κ2) is 9.89. The van der Waals surface area contributed by atoms with Crippen molar-refractivity contribution in [1.82, 2.24) is 10.2 Å². The molecule has 2 fully saturated rings. The number of ether oxygens (including phenoxy) is 2. The standard InChI is InChI=1S/C21H22N2O6.Na/c24-19(17-18(29-17)21(26)27)22-16(20(25)23-8-10-28-11-9-23)12-14-6-3-5-13-4-1-2-7-15(13)14;/h1-7,16-18H,8-12H2,(H,22,24)(H,26,27);/q;+1/p-1/t16-,17-,18-;/m0./s1. The number of fused-ring (bicyclic) bond motifs is 1. The van der Waals surface area contributed by atoms with Gasteiger partial charge >= 0.3 is 29.6 Å². The van der Waals surface area contributed by atoms with Crippen LogP contribution in [-0.4, -0.2) is 67.2 Å². The maximum atomic E-state index is 13.1. The zero-order valence-electron chi connectivity index (χ0n) is 16.7. The van der Waals surface area contributed by atoms with E-state index < -0.39 is 30.1 Å². The van der Waals surface area contributed by atoms with Crippen LogP contribution in [0.25, 0.3) is 10.8 Å². The van der Waals surface area contributed by atoms with Gasteiger partial charge in [0.05, 0.1) is 19.2 Å². The number of carbonyl (C=O) groups excluding carboxylic acids is 3. The number of nitrogens with zero attached hydrogens (tertiary/aromatic N) is 1. The van der Waals surface area contributed by atoms with Gasteiger partial charge < -0.3 is 29.6 Å². The van der Waals surface area contributed by atoms with Gasteiger partial charge in [0.25, 0.3) is 5.91 Å². The molecule has 0 radical (unpaired) electrons. The van der Waals surface area contributed by atoms with Crippen LogP contribution in [0.4, 0.5) is 0 Å². The molecule has 2 amide bonds. The number of amides is 2. The number of epoxide rings is 1. The van der Waals surface area contributed by atoms with E-state index in [1.165, 1.54) is 0 Å². The van der Waals surface area contributed by atoms with Gasteiger partial charge in [0.1, 0.15) is 12.1 Å². The van der Waals surface area contributed by atoms with E-state index in [1.54, 1.807) is 4.90 Å². The Hall–Kier alpha value is -1.97. The molecule has 8 nitrogen and oxygen atoms in total. The number of rotatable bonds is 6. The minimum atomic E-state index is -1.43. The van der Waals surface area contributed by atoms with E-state index in [0.717, 1.165) is 16.3 Å². The van der Waals surface area contributed by atoms with Gasteiger partial charge in [-0.05, 0) is 16.3 Å². The fourth-order valence-electron chi connectivity index (χ4n) is 3.64. The number of carboxylic acids is 1. The summed E-state index contributed by atoms with van der Waals surface area (Å²) in [5, 5.41) is 15.6. The number of aliphatic carboxylic acids is 1. The van der Waals surface area contributed by atoms with E-state index in [1.807, 2.05) is 42.5 Å². The van der Waals surface area contributed by atoms with Crippen molar-refractivity contribution in [2.45, 2.75) is 24.7 Å². The third kappa shape index (κ3) is 5.01. The molecule has 2 aromatic rings. The molecular weight excluding hydrogens is 399 g/mol. The van der Waals surface area contributed by atoms with Gasteiger partial charge in [-0.1, -0.05) is 42.5 Å². The number of benzene rings is 2. The molecule has 9 heteroatoms. The van der Waals surface area contributed by atoms with Crippen LogP contribution < -0.4 is 40.0 Å². The molecule has 0 saturated carbocycles. The average molecular weight is 420 g/mol. The molecule has 2 saturated heterocycles. The average Bonchev–Trinajstić information content (AvgIpc) is 3.55. The first kappa shape index (κ1) is 22.7. The van der Waals surface area contributed by atoms with Crippen LogP contribution >= 0.6 is 0 Å². The van der Waals surface area contributed by atoms with Crippen molar-refractivity contribution in [2.24, 2.45) is 0 Å². The molecule has 30 heavy (non-hydrogen) atoms. The summed E-state index contributed by atoms with van der Waals surface area (Å²) in [6, 6.07) is 12.8. The van der Waals surface area contributed by atoms with Crippen LogP contribution in [0.3, 0.4) is 0 Å².